The van der Waals surface area contributed by atoms with Crippen LogP contribution in [0, 0.1) is 11.8 Å². The second kappa shape index (κ2) is 12.0. The standard InChI is InChI=1S/C18H32N4O7/c1-8(2)6-11(19)16(26)20-10(5)15(25)22-14(9(3)4)17(27)21-12(18(28)29)7-13(23)24/h8-12,14H,6-7,19H2,1-5H3,(H,20,26)(H,21,27)(H,22,25)(H,23,24)(H,28,29). The summed E-state index contributed by atoms with van der Waals surface area (Å²) in [4.78, 5) is 58.7. The van der Waals surface area contributed by atoms with E-state index >= 15 is 0 Å². The molecular formula is C18H32N4O7. The van der Waals surface area contributed by atoms with Crippen LogP contribution in [0.1, 0.15) is 47.5 Å². The van der Waals surface area contributed by atoms with Crippen molar-refractivity contribution in [2.75, 3.05) is 0 Å². The first-order valence-corrected chi connectivity index (χ1v) is 9.37. The Bertz CT molecular complexity index is 621. The lowest BCUT2D eigenvalue weighted by atomic mass is 10.0. The van der Waals surface area contributed by atoms with Gasteiger partial charge in [0.05, 0.1) is 12.5 Å². The van der Waals surface area contributed by atoms with Gasteiger partial charge in [0.2, 0.25) is 17.7 Å². The van der Waals surface area contributed by atoms with Gasteiger partial charge in [-0.1, -0.05) is 27.7 Å². The van der Waals surface area contributed by atoms with E-state index in [1.807, 2.05) is 13.8 Å². The molecule has 0 spiro atoms. The van der Waals surface area contributed by atoms with Crippen molar-refractivity contribution in [2.24, 2.45) is 17.6 Å². The third-order valence-electron chi connectivity index (χ3n) is 4.05. The van der Waals surface area contributed by atoms with E-state index in [0.717, 1.165) is 0 Å². The highest BCUT2D eigenvalue weighted by atomic mass is 16.4. The molecule has 0 radical (unpaired) electrons. The van der Waals surface area contributed by atoms with Gasteiger partial charge in [-0.3, -0.25) is 19.2 Å². The molecule has 4 atom stereocenters. The minimum Gasteiger partial charge on any atom is -0.481 e. The number of carbonyl (C=O) groups excluding carboxylic acids is 3. The minimum absolute atomic E-state index is 0.196. The fourth-order valence-electron chi connectivity index (χ4n) is 2.45. The molecule has 0 bridgehead atoms. The Kier molecular flexibility index (Phi) is 10.9. The SMILES string of the molecule is CC(C)CC(N)C(=O)NC(C)C(=O)NC(C(=O)NC(CC(=O)O)C(=O)O)C(C)C. The fraction of sp³-hybridized carbons (Fsp3) is 0.722. The van der Waals surface area contributed by atoms with Crippen molar-refractivity contribution < 1.29 is 34.2 Å². The molecule has 11 heteroatoms. The highest BCUT2D eigenvalue weighted by Crippen LogP contribution is 2.06. The summed E-state index contributed by atoms with van der Waals surface area (Å²) in [5.74, 6) is -5.12. The van der Waals surface area contributed by atoms with E-state index in [9.17, 15) is 24.0 Å². The number of rotatable bonds is 12. The molecule has 7 N–H and O–H groups in total. The van der Waals surface area contributed by atoms with Crippen LogP contribution >= 0.6 is 0 Å². The van der Waals surface area contributed by atoms with Crippen LogP contribution in [0.4, 0.5) is 0 Å². The Morgan fingerprint density at radius 3 is 1.79 bits per heavy atom. The van der Waals surface area contributed by atoms with Crippen LogP contribution in [-0.2, 0) is 24.0 Å². The van der Waals surface area contributed by atoms with E-state index in [4.69, 9.17) is 15.9 Å². The van der Waals surface area contributed by atoms with Gasteiger partial charge >= 0.3 is 11.9 Å². The van der Waals surface area contributed by atoms with E-state index in [2.05, 4.69) is 16.0 Å². The number of hydrogen-bond acceptors (Lipinski definition) is 6. The highest BCUT2D eigenvalue weighted by Gasteiger charge is 2.31. The Labute approximate surface area is 169 Å². The molecule has 11 nitrogen and oxygen atoms in total. The molecule has 0 rings (SSSR count). The first-order chi connectivity index (χ1) is 13.3. The molecule has 0 saturated carbocycles. The normalized spacial score (nSPS) is 15.2. The smallest absolute Gasteiger partial charge is 0.326 e. The minimum atomic E-state index is -1.63. The van der Waals surface area contributed by atoms with Crippen molar-refractivity contribution in [1.82, 2.24) is 16.0 Å². The fourth-order valence-corrected chi connectivity index (χ4v) is 2.45. The van der Waals surface area contributed by atoms with Crippen LogP contribution in [0.15, 0.2) is 0 Å². The summed E-state index contributed by atoms with van der Waals surface area (Å²) in [5.41, 5.74) is 5.78. The Balaban J connectivity index is 5.02. The topological polar surface area (TPSA) is 188 Å². The zero-order valence-electron chi connectivity index (χ0n) is 17.4. The number of carbonyl (C=O) groups is 5. The number of nitrogens with two attached hydrogens (primary N) is 1. The summed E-state index contributed by atoms with van der Waals surface area (Å²) >= 11 is 0. The average molecular weight is 416 g/mol. The van der Waals surface area contributed by atoms with Gasteiger partial charge < -0.3 is 31.9 Å². The van der Waals surface area contributed by atoms with E-state index in [-0.39, 0.29) is 5.92 Å². The molecule has 0 aromatic rings. The summed E-state index contributed by atoms with van der Waals surface area (Å²) in [5, 5.41) is 24.8. The highest BCUT2D eigenvalue weighted by molar-refractivity contribution is 5.94. The lowest BCUT2D eigenvalue weighted by molar-refractivity contribution is -0.147. The average Bonchev–Trinajstić information content (AvgIpc) is 2.56. The van der Waals surface area contributed by atoms with Crippen molar-refractivity contribution in [2.45, 2.75) is 71.6 Å². The first-order valence-electron chi connectivity index (χ1n) is 9.37. The van der Waals surface area contributed by atoms with Crippen molar-refractivity contribution >= 4 is 29.7 Å². The Morgan fingerprint density at radius 1 is 0.828 bits per heavy atom. The van der Waals surface area contributed by atoms with Crippen LogP contribution in [0.25, 0.3) is 0 Å². The van der Waals surface area contributed by atoms with Gasteiger partial charge in [-0.05, 0) is 25.2 Å². The van der Waals surface area contributed by atoms with E-state index < -0.39 is 66.2 Å². The molecule has 0 aliphatic heterocycles. The molecule has 4 unspecified atom stereocenters. The summed E-state index contributed by atoms with van der Waals surface area (Å²) in [6, 6.07) is -4.52. The van der Waals surface area contributed by atoms with Crippen LogP contribution in [0.3, 0.4) is 0 Å². The van der Waals surface area contributed by atoms with Gasteiger partial charge in [0, 0.05) is 0 Å². The van der Waals surface area contributed by atoms with Gasteiger partial charge in [-0.25, -0.2) is 4.79 Å². The summed E-state index contributed by atoms with van der Waals surface area (Å²) in [7, 11) is 0. The summed E-state index contributed by atoms with van der Waals surface area (Å²) in [6.07, 6.45) is -0.364. The van der Waals surface area contributed by atoms with Crippen molar-refractivity contribution in [3.63, 3.8) is 0 Å². The van der Waals surface area contributed by atoms with Gasteiger partial charge in [0.25, 0.3) is 0 Å². The van der Waals surface area contributed by atoms with Gasteiger partial charge in [-0.2, -0.15) is 0 Å². The zero-order valence-corrected chi connectivity index (χ0v) is 17.4. The van der Waals surface area contributed by atoms with E-state index in [0.29, 0.717) is 6.42 Å². The molecule has 3 amide bonds. The van der Waals surface area contributed by atoms with E-state index in [1.54, 1.807) is 13.8 Å². The maximum absolute atomic E-state index is 12.4. The molecular weight excluding hydrogens is 384 g/mol. The molecule has 0 saturated heterocycles. The molecule has 0 heterocycles. The first kappa shape index (κ1) is 26.3. The molecule has 0 fully saturated rings. The van der Waals surface area contributed by atoms with Gasteiger partial charge in [0.15, 0.2) is 0 Å². The third kappa shape index (κ3) is 9.88. The molecule has 0 aliphatic carbocycles. The Morgan fingerprint density at radius 2 is 1.38 bits per heavy atom. The van der Waals surface area contributed by atoms with Crippen LogP contribution in [0.5, 0.6) is 0 Å². The monoisotopic (exact) mass is 416 g/mol. The molecule has 29 heavy (non-hydrogen) atoms. The van der Waals surface area contributed by atoms with Crippen LogP contribution < -0.4 is 21.7 Å². The predicted octanol–water partition coefficient (Wildman–Crippen LogP) is -0.951. The van der Waals surface area contributed by atoms with Crippen molar-refractivity contribution in [3.8, 4) is 0 Å². The molecule has 0 aromatic heterocycles. The Hall–Kier alpha value is -2.69. The quantitative estimate of drug-likeness (QED) is 0.235. The summed E-state index contributed by atoms with van der Waals surface area (Å²) in [6.45, 7) is 8.49. The maximum atomic E-state index is 12.4. The van der Waals surface area contributed by atoms with Crippen LogP contribution in [-0.4, -0.2) is 64.0 Å². The number of carboxylic acids is 2. The third-order valence-corrected chi connectivity index (χ3v) is 4.05. The zero-order chi connectivity index (χ0) is 22.9. The molecule has 166 valence electrons. The number of aliphatic carboxylic acids is 2. The number of carboxylic acid groups (broad SMARTS) is 2. The second-order valence-electron chi connectivity index (χ2n) is 7.69. The van der Waals surface area contributed by atoms with Gasteiger partial charge in [-0.15, -0.1) is 0 Å². The summed E-state index contributed by atoms with van der Waals surface area (Å²) < 4.78 is 0. The van der Waals surface area contributed by atoms with Crippen LogP contribution in [0.2, 0.25) is 0 Å². The predicted molar refractivity (Wildman–Crippen MR) is 104 cm³/mol. The molecule has 0 aliphatic rings. The largest absolute Gasteiger partial charge is 0.481 e. The maximum Gasteiger partial charge on any atom is 0.326 e. The number of nitrogens with one attached hydrogen (secondary N) is 3. The van der Waals surface area contributed by atoms with Gasteiger partial charge in [0.1, 0.15) is 18.1 Å². The number of hydrogen-bond donors (Lipinski definition) is 6. The second-order valence-corrected chi connectivity index (χ2v) is 7.69. The van der Waals surface area contributed by atoms with Crippen molar-refractivity contribution in [1.29, 1.82) is 0 Å². The lowest BCUT2D eigenvalue weighted by Crippen LogP contribution is -2.58. The van der Waals surface area contributed by atoms with Crippen molar-refractivity contribution in [3.05, 3.63) is 0 Å². The molecule has 0 aromatic carbocycles. The lowest BCUT2D eigenvalue weighted by Gasteiger charge is -2.25. The number of amides is 3. The van der Waals surface area contributed by atoms with E-state index in [1.165, 1.54) is 6.92 Å².